The highest BCUT2D eigenvalue weighted by Gasteiger charge is 2.46. The highest BCUT2D eigenvalue weighted by molar-refractivity contribution is 7.97. The molecule has 0 unspecified atom stereocenters. The van der Waals surface area contributed by atoms with Crippen LogP contribution in [0.3, 0.4) is 0 Å². The van der Waals surface area contributed by atoms with E-state index >= 15 is 0 Å². The minimum Gasteiger partial charge on any atom is -0.388 e. The van der Waals surface area contributed by atoms with Crippen molar-refractivity contribution in [2.75, 3.05) is 71.3 Å². The Balaban J connectivity index is 1.11. The molecule has 2 saturated carbocycles. The molecular weight excluding hydrogens is 567 g/mol. The Morgan fingerprint density at radius 1 is 0.698 bits per heavy atom. The molecule has 2 aliphatic heterocycles. The SMILES string of the molecule is CNc1ccc(SN2CCCN(CC3CCCCC3)CCCN(SN3CCC(c4ccccc4)CC3)CC3(CC3)C2)cc1. The molecule has 2 heterocycles. The first-order valence-corrected chi connectivity index (χ1v) is 18.8. The fourth-order valence-corrected chi connectivity index (χ4v) is 9.92. The molecule has 0 amide bonds. The van der Waals surface area contributed by atoms with Crippen LogP contribution in [0.1, 0.15) is 82.1 Å². The molecule has 0 atom stereocenters. The maximum atomic E-state index is 3.27. The van der Waals surface area contributed by atoms with E-state index in [4.69, 9.17) is 0 Å². The molecule has 0 aromatic heterocycles. The molecule has 43 heavy (non-hydrogen) atoms. The van der Waals surface area contributed by atoms with Crippen molar-refractivity contribution in [2.24, 2.45) is 11.3 Å². The zero-order chi connectivity index (χ0) is 29.3. The zero-order valence-corrected chi connectivity index (χ0v) is 28.2. The molecule has 2 aromatic rings. The molecule has 1 N–H and O–H groups in total. The van der Waals surface area contributed by atoms with Crippen molar-refractivity contribution >= 4 is 29.8 Å². The van der Waals surface area contributed by atoms with Crippen LogP contribution < -0.4 is 5.32 Å². The number of hydrogen-bond acceptors (Lipinski definition) is 7. The fraction of sp³-hybridized carbons (Fsp3) is 0.667. The average Bonchev–Trinajstić information content (AvgIpc) is 3.80. The van der Waals surface area contributed by atoms with Crippen molar-refractivity contribution in [3.63, 3.8) is 0 Å². The van der Waals surface area contributed by atoms with Gasteiger partial charge in [0.1, 0.15) is 0 Å². The summed E-state index contributed by atoms with van der Waals surface area (Å²) in [6.45, 7) is 11.1. The van der Waals surface area contributed by atoms with Crippen molar-refractivity contribution in [1.82, 2.24) is 17.8 Å². The smallest absolute Gasteiger partial charge is 0.0338 e. The second-order valence-electron chi connectivity index (χ2n) is 13.8. The molecule has 5 nitrogen and oxygen atoms in total. The Labute approximate surface area is 270 Å². The number of anilines is 1. The van der Waals surface area contributed by atoms with Crippen LogP contribution in [-0.4, -0.2) is 83.8 Å². The van der Waals surface area contributed by atoms with Gasteiger partial charge in [0, 0.05) is 75.6 Å². The molecule has 0 bridgehead atoms. The van der Waals surface area contributed by atoms with Crippen LogP contribution in [-0.2, 0) is 0 Å². The molecule has 2 aliphatic carbocycles. The molecule has 4 fully saturated rings. The van der Waals surface area contributed by atoms with Gasteiger partial charge in [0.05, 0.1) is 0 Å². The number of nitrogens with one attached hydrogen (secondary N) is 1. The zero-order valence-electron chi connectivity index (χ0n) is 26.6. The summed E-state index contributed by atoms with van der Waals surface area (Å²) in [6.07, 6.45) is 15.1. The van der Waals surface area contributed by atoms with Gasteiger partial charge in [0.2, 0.25) is 0 Å². The topological polar surface area (TPSA) is 25.0 Å². The van der Waals surface area contributed by atoms with Crippen LogP contribution in [0.15, 0.2) is 59.5 Å². The lowest BCUT2D eigenvalue weighted by Gasteiger charge is -2.38. The van der Waals surface area contributed by atoms with Gasteiger partial charge in [-0.05, 0) is 123 Å². The van der Waals surface area contributed by atoms with Gasteiger partial charge in [-0.15, -0.1) is 0 Å². The number of piperidine rings is 1. The van der Waals surface area contributed by atoms with E-state index in [1.54, 1.807) is 0 Å². The van der Waals surface area contributed by atoms with Crippen LogP contribution in [0.25, 0.3) is 0 Å². The molecule has 7 heteroatoms. The molecule has 6 rings (SSSR count). The molecular formula is C36H55N5S2. The standard InChI is InChI=1S/C36H55N5S2/c1-37-34-14-16-35(17-15-34)42-40-24-8-22-38(28-31-10-4-2-5-11-31)23-9-25-41(30-36(29-40)20-21-36)43-39-26-18-33(19-27-39)32-12-6-3-7-13-32/h3,6-7,12-17,31,33,37H,2,4-5,8-11,18-30H2,1H3. The number of hydrogen-bond donors (Lipinski definition) is 1. The Hall–Kier alpha value is -1.22. The van der Waals surface area contributed by atoms with Gasteiger partial charge < -0.3 is 10.2 Å². The summed E-state index contributed by atoms with van der Waals surface area (Å²) < 4.78 is 8.22. The third kappa shape index (κ3) is 9.64. The van der Waals surface area contributed by atoms with E-state index in [0.29, 0.717) is 5.41 Å². The van der Waals surface area contributed by atoms with E-state index in [-0.39, 0.29) is 0 Å². The monoisotopic (exact) mass is 621 g/mol. The first-order chi connectivity index (χ1) is 21.2. The minimum absolute atomic E-state index is 0.453. The number of benzene rings is 2. The van der Waals surface area contributed by atoms with E-state index in [2.05, 4.69) is 89.9 Å². The lowest BCUT2D eigenvalue weighted by Crippen LogP contribution is -2.40. The van der Waals surface area contributed by atoms with E-state index in [9.17, 15) is 0 Å². The summed E-state index contributed by atoms with van der Waals surface area (Å²) in [5.41, 5.74) is 3.18. The van der Waals surface area contributed by atoms with Crippen molar-refractivity contribution in [3.8, 4) is 0 Å². The van der Waals surface area contributed by atoms with Crippen molar-refractivity contribution < 1.29 is 0 Å². The first kappa shape index (κ1) is 31.7. The lowest BCUT2D eigenvalue weighted by atomic mass is 9.89. The summed E-state index contributed by atoms with van der Waals surface area (Å²) >= 11 is 4.09. The predicted molar refractivity (Wildman–Crippen MR) is 186 cm³/mol. The third-order valence-corrected chi connectivity index (χ3v) is 12.5. The van der Waals surface area contributed by atoms with Crippen LogP contribution in [0.4, 0.5) is 5.69 Å². The highest BCUT2D eigenvalue weighted by Crippen LogP contribution is 2.49. The molecule has 2 aromatic carbocycles. The highest BCUT2D eigenvalue weighted by atomic mass is 32.2. The quantitative estimate of drug-likeness (QED) is 0.297. The Bertz CT molecular complexity index is 1080. The van der Waals surface area contributed by atoms with Gasteiger partial charge in [0.25, 0.3) is 0 Å². The van der Waals surface area contributed by atoms with E-state index in [1.165, 1.54) is 146 Å². The maximum absolute atomic E-state index is 3.27. The first-order valence-electron chi connectivity index (χ1n) is 17.3. The predicted octanol–water partition coefficient (Wildman–Crippen LogP) is 8.24. The second-order valence-corrected chi connectivity index (χ2v) is 16.2. The largest absolute Gasteiger partial charge is 0.388 e. The van der Waals surface area contributed by atoms with Gasteiger partial charge in [-0.2, -0.15) is 0 Å². The molecule has 2 saturated heterocycles. The van der Waals surface area contributed by atoms with Gasteiger partial charge in [0.15, 0.2) is 0 Å². The summed E-state index contributed by atoms with van der Waals surface area (Å²) in [6, 6.07) is 20.3. The molecule has 0 radical (unpaired) electrons. The normalized spacial score (nSPS) is 24.4. The lowest BCUT2D eigenvalue weighted by molar-refractivity contribution is 0.180. The van der Waals surface area contributed by atoms with E-state index < -0.39 is 0 Å². The molecule has 4 aliphatic rings. The second kappa shape index (κ2) is 15.9. The van der Waals surface area contributed by atoms with Crippen LogP contribution in [0, 0.1) is 11.3 Å². The van der Waals surface area contributed by atoms with Crippen LogP contribution in [0.2, 0.25) is 0 Å². The van der Waals surface area contributed by atoms with Crippen molar-refractivity contribution in [1.29, 1.82) is 0 Å². The average molecular weight is 622 g/mol. The number of nitrogens with zero attached hydrogens (tertiary/aromatic N) is 4. The van der Waals surface area contributed by atoms with Gasteiger partial charge in [-0.3, -0.25) is 0 Å². The maximum Gasteiger partial charge on any atom is 0.0338 e. The van der Waals surface area contributed by atoms with Gasteiger partial charge >= 0.3 is 0 Å². The van der Waals surface area contributed by atoms with Crippen LogP contribution in [0.5, 0.6) is 0 Å². The Morgan fingerprint density at radius 3 is 2.05 bits per heavy atom. The van der Waals surface area contributed by atoms with E-state index in [0.717, 1.165) is 11.8 Å². The Morgan fingerprint density at radius 2 is 1.37 bits per heavy atom. The van der Waals surface area contributed by atoms with Gasteiger partial charge in [-0.1, -0.05) is 49.6 Å². The summed E-state index contributed by atoms with van der Waals surface area (Å²) in [4.78, 5) is 4.22. The summed E-state index contributed by atoms with van der Waals surface area (Å²) in [7, 11) is 2.00. The van der Waals surface area contributed by atoms with Crippen LogP contribution >= 0.6 is 24.1 Å². The van der Waals surface area contributed by atoms with Crippen molar-refractivity contribution in [2.45, 2.75) is 81.4 Å². The molecule has 1 spiro atoms. The van der Waals surface area contributed by atoms with Crippen molar-refractivity contribution in [3.05, 3.63) is 60.2 Å². The summed E-state index contributed by atoms with van der Waals surface area (Å²) in [5, 5.41) is 3.27. The van der Waals surface area contributed by atoms with E-state index in [1.807, 2.05) is 19.0 Å². The molecule has 236 valence electrons. The minimum atomic E-state index is 0.453. The Kier molecular flexibility index (Phi) is 11.7. The fourth-order valence-electron chi connectivity index (χ4n) is 7.56. The summed E-state index contributed by atoms with van der Waals surface area (Å²) in [5.74, 6) is 1.64. The number of rotatable bonds is 8. The van der Waals surface area contributed by atoms with Gasteiger partial charge in [-0.25, -0.2) is 12.9 Å². The third-order valence-electron chi connectivity index (χ3n) is 10.3.